The van der Waals surface area contributed by atoms with Crippen LogP contribution >= 0.6 is 31.9 Å². The van der Waals surface area contributed by atoms with Gasteiger partial charge in [0.2, 0.25) is 0 Å². The number of halogens is 3. The van der Waals surface area contributed by atoms with Crippen LogP contribution in [0.2, 0.25) is 0 Å². The Bertz CT molecular complexity index is 632. The highest BCUT2D eigenvalue weighted by atomic mass is 79.9. The SMILES string of the molecule is CC(C)NCc1ccc(Oc2ccc(F)cc2Br)c(Br)c1. The summed E-state index contributed by atoms with van der Waals surface area (Å²) in [5, 5.41) is 3.36. The molecule has 0 unspecified atom stereocenters. The summed E-state index contributed by atoms with van der Waals surface area (Å²) in [7, 11) is 0. The maximum atomic E-state index is 13.1. The van der Waals surface area contributed by atoms with Gasteiger partial charge < -0.3 is 10.1 Å². The smallest absolute Gasteiger partial charge is 0.141 e. The van der Waals surface area contributed by atoms with E-state index in [1.54, 1.807) is 6.07 Å². The van der Waals surface area contributed by atoms with Gasteiger partial charge in [-0.2, -0.15) is 0 Å². The Morgan fingerprint density at radius 2 is 1.67 bits per heavy atom. The van der Waals surface area contributed by atoms with Crippen LogP contribution in [0.5, 0.6) is 11.5 Å². The molecule has 0 aliphatic carbocycles. The summed E-state index contributed by atoms with van der Waals surface area (Å²) in [6.45, 7) is 5.02. The Morgan fingerprint density at radius 3 is 2.24 bits per heavy atom. The van der Waals surface area contributed by atoms with Crippen LogP contribution in [0.4, 0.5) is 4.39 Å². The van der Waals surface area contributed by atoms with Gasteiger partial charge in [-0.1, -0.05) is 19.9 Å². The molecule has 0 saturated carbocycles. The van der Waals surface area contributed by atoms with Crippen molar-refractivity contribution in [2.24, 2.45) is 0 Å². The van der Waals surface area contributed by atoms with E-state index < -0.39 is 0 Å². The molecule has 112 valence electrons. The molecule has 2 aromatic carbocycles. The average Bonchev–Trinajstić information content (AvgIpc) is 2.42. The van der Waals surface area contributed by atoms with E-state index in [2.05, 4.69) is 51.0 Å². The Labute approximate surface area is 141 Å². The third kappa shape index (κ3) is 4.80. The van der Waals surface area contributed by atoms with Crippen LogP contribution < -0.4 is 10.1 Å². The molecule has 21 heavy (non-hydrogen) atoms. The molecule has 2 rings (SSSR count). The molecular formula is C16H16Br2FNO. The molecule has 0 aliphatic heterocycles. The summed E-state index contributed by atoms with van der Waals surface area (Å²) in [5.41, 5.74) is 1.17. The lowest BCUT2D eigenvalue weighted by Gasteiger charge is -2.12. The van der Waals surface area contributed by atoms with Gasteiger partial charge in [0.05, 0.1) is 8.95 Å². The lowest BCUT2D eigenvalue weighted by atomic mass is 10.2. The molecule has 2 nitrogen and oxygen atoms in total. The summed E-state index contributed by atoms with van der Waals surface area (Å²) < 4.78 is 20.3. The van der Waals surface area contributed by atoms with Crippen molar-refractivity contribution in [2.75, 3.05) is 0 Å². The molecule has 0 aliphatic rings. The molecule has 0 amide bonds. The van der Waals surface area contributed by atoms with E-state index in [0.717, 1.165) is 11.0 Å². The highest BCUT2D eigenvalue weighted by Crippen LogP contribution is 2.34. The van der Waals surface area contributed by atoms with Gasteiger partial charge in [-0.25, -0.2) is 4.39 Å². The van der Waals surface area contributed by atoms with Crippen LogP contribution in [-0.2, 0) is 6.54 Å². The van der Waals surface area contributed by atoms with Gasteiger partial charge in [0.25, 0.3) is 0 Å². The van der Waals surface area contributed by atoms with Gasteiger partial charge >= 0.3 is 0 Å². The van der Waals surface area contributed by atoms with Crippen molar-refractivity contribution in [3.63, 3.8) is 0 Å². The first-order valence-corrected chi connectivity index (χ1v) is 8.19. The van der Waals surface area contributed by atoms with Crippen LogP contribution in [0.3, 0.4) is 0 Å². The zero-order valence-electron chi connectivity index (χ0n) is 11.8. The summed E-state index contributed by atoms with van der Waals surface area (Å²) in [4.78, 5) is 0. The van der Waals surface area contributed by atoms with Crippen LogP contribution in [0, 0.1) is 5.82 Å². The number of hydrogen-bond donors (Lipinski definition) is 1. The zero-order chi connectivity index (χ0) is 15.4. The minimum absolute atomic E-state index is 0.302. The summed E-state index contributed by atoms with van der Waals surface area (Å²) in [6.07, 6.45) is 0. The van der Waals surface area contributed by atoms with Gasteiger partial charge in [-0.3, -0.25) is 0 Å². The van der Waals surface area contributed by atoms with Crippen molar-refractivity contribution in [2.45, 2.75) is 26.4 Å². The highest BCUT2D eigenvalue weighted by Gasteiger charge is 2.08. The van der Waals surface area contributed by atoms with E-state index in [1.165, 1.54) is 17.7 Å². The maximum Gasteiger partial charge on any atom is 0.141 e. The zero-order valence-corrected chi connectivity index (χ0v) is 15.0. The third-order valence-corrected chi connectivity index (χ3v) is 4.06. The minimum Gasteiger partial charge on any atom is -0.455 e. The van der Waals surface area contributed by atoms with Crippen molar-refractivity contribution in [3.05, 3.63) is 56.7 Å². The Balaban J connectivity index is 2.13. The molecule has 0 bridgehead atoms. The Hall–Kier alpha value is -0.910. The van der Waals surface area contributed by atoms with Gasteiger partial charge in [-0.05, 0) is 67.8 Å². The molecular weight excluding hydrogens is 401 g/mol. The first kappa shape index (κ1) is 16.5. The Kier molecular flexibility index (Phi) is 5.79. The van der Waals surface area contributed by atoms with Crippen molar-refractivity contribution in [1.29, 1.82) is 0 Å². The van der Waals surface area contributed by atoms with E-state index in [-0.39, 0.29) is 5.82 Å². The van der Waals surface area contributed by atoms with Crippen LogP contribution in [0.15, 0.2) is 45.3 Å². The lowest BCUT2D eigenvalue weighted by Crippen LogP contribution is -2.21. The lowest BCUT2D eigenvalue weighted by molar-refractivity contribution is 0.474. The highest BCUT2D eigenvalue weighted by molar-refractivity contribution is 9.11. The standard InChI is InChI=1S/C16H16Br2FNO/c1-10(2)20-9-11-3-5-15(13(17)7-11)21-16-6-4-12(19)8-14(16)18/h3-8,10,20H,9H2,1-2H3. The second-order valence-electron chi connectivity index (χ2n) is 4.98. The van der Waals surface area contributed by atoms with E-state index in [9.17, 15) is 4.39 Å². The van der Waals surface area contributed by atoms with Crippen LogP contribution in [0.25, 0.3) is 0 Å². The molecule has 0 spiro atoms. The van der Waals surface area contributed by atoms with Crippen LogP contribution in [-0.4, -0.2) is 6.04 Å². The van der Waals surface area contributed by atoms with E-state index >= 15 is 0 Å². The third-order valence-electron chi connectivity index (χ3n) is 2.82. The second-order valence-corrected chi connectivity index (χ2v) is 6.69. The van der Waals surface area contributed by atoms with Crippen LogP contribution in [0.1, 0.15) is 19.4 Å². The predicted molar refractivity (Wildman–Crippen MR) is 90.3 cm³/mol. The van der Waals surface area contributed by atoms with Crippen molar-refractivity contribution in [3.8, 4) is 11.5 Å². The first-order valence-electron chi connectivity index (χ1n) is 6.60. The fraction of sp³-hybridized carbons (Fsp3) is 0.250. The van der Waals surface area contributed by atoms with E-state index in [0.29, 0.717) is 22.0 Å². The number of rotatable bonds is 5. The number of hydrogen-bond acceptors (Lipinski definition) is 2. The molecule has 0 aromatic heterocycles. The summed E-state index contributed by atoms with van der Waals surface area (Å²) in [6, 6.07) is 10.7. The maximum absolute atomic E-state index is 13.1. The van der Waals surface area contributed by atoms with Crippen molar-refractivity contribution < 1.29 is 9.13 Å². The normalized spacial score (nSPS) is 11.0. The summed E-state index contributed by atoms with van der Waals surface area (Å²) >= 11 is 6.80. The predicted octanol–water partition coefficient (Wildman–Crippen LogP) is 5.64. The minimum atomic E-state index is -0.302. The Morgan fingerprint density at radius 1 is 1.05 bits per heavy atom. The van der Waals surface area contributed by atoms with E-state index in [1.807, 2.05) is 18.2 Å². The first-order chi connectivity index (χ1) is 9.95. The van der Waals surface area contributed by atoms with Gasteiger partial charge in [0.15, 0.2) is 0 Å². The number of nitrogens with one attached hydrogen (secondary N) is 1. The number of ether oxygens (including phenoxy) is 1. The van der Waals surface area contributed by atoms with Gasteiger partial charge in [0, 0.05) is 12.6 Å². The molecule has 2 aromatic rings. The largest absolute Gasteiger partial charge is 0.455 e. The molecule has 5 heteroatoms. The van der Waals surface area contributed by atoms with Crippen molar-refractivity contribution >= 4 is 31.9 Å². The topological polar surface area (TPSA) is 21.3 Å². The average molecular weight is 417 g/mol. The molecule has 0 heterocycles. The summed E-state index contributed by atoms with van der Waals surface area (Å²) in [5.74, 6) is 0.962. The molecule has 1 N–H and O–H groups in total. The molecule has 0 atom stereocenters. The fourth-order valence-electron chi connectivity index (χ4n) is 1.74. The monoisotopic (exact) mass is 415 g/mol. The second kappa shape index (κ2) is 7.38. The van der Waals surface area contributed by atoms with Gasteiger partial charge in [0.1, 0.15) is 17.3 Å². The quantitative estimate of drug-likeness (QED) is 0.680. The van der Waals surface area contributed by atoms with Gasteiger partial charge in [-0.15, -0.1) is 0 Å². The van der Waals surface area contributed by atoms with E-state index in [4.69, 9.17) is 4.74 Å². The molecule has 0 fully saturated rings. The van der Waals surface area contributed by atoms with Crippen molar-refractivity contribution in [1.82, 2.24) is 5.32 Å². The molecule has 0 radical (unpaired) electrons. The fourth-order valence-corrected chi connectivity index (χ4v) is 2.67. The number of benzene rings is 2. The molecule has 0 saturated heterocycles.